The summed E-state index contributed by atoms with van der Waals surface area (Å²) in [4.78, 5) is 21.7. The van der Waals surface area contributed by atoms with E-state index < -0.39 is 24.2 Å². The number of likely N-dealkylation sites (N-methyl/N-ethyl adjacent to an activating group) is 1. The maximum atomic E-state index is 10.9. The fraction of sp³-hybridized carbons (Fsp3) is 0.333. The van der Waals surface area contributed by atoms with Crippen LogP contribution in [-0.2, 0) is 16.1 Å². The van der Waals surface area contributed by atoms with Crippen LogP contribution in [0.3, 0.4) is 0 Å². The average Bonchev–Trinajstić information content (AvgIpc) is 2.64. The molecule has 0 saturated heterocycles. The van der Waals surface area contributed by atoms with Gasteiger partial charge in [-0.1, -0.05) is 24.3 Å². The highest BCUT2D eigenvalue weighted by Crippen LogP contribution is 2.31. The van der Waals surface area contributed by atoms with Crippen molar-refractivity contribution in [3.63, 3.8) is 0 Å². The van der Waals surface area contributed by atoms with Crippen molar-refractivity contribution < 1.29 is 33.0 Å². The standard InChI is InChI=1S/C10H11NO2.C2HF3O2/c1-11-6-7-4-2-3-5-8(7)9(11)10(12)13;3-2(4,5)1(6)7/h2-5,9H,6H2,1H3,(H,12,13);(H,6,7). The number of hydrogen-bond donors (Lipinski definition) is 2. The molecule has 5 nitrogen and oxygen atoms in total. The summed E-state index contributed by atoms with van der Waals surface area (Å²) < 4.78 is 31.7. The minimum absolute atomic E-state index is 0.462. The summed E-state index contributed by atoms with van der Waals surface area (Å²) in [6.45, 7) is 0.729. The van der Waals surface area contributed by atoms with E-state index in [1.807, 2.05) is 36.2 Å². The number of carboxylic acid groups (broad SMARTS) is 2. The fourth-order valence-corrected chi connectivity index (χ4v) is 1.86. The Labute approximate surface area is 112 Å². The smallest absolute Gasteiger partial charge is 0.480 e. The molecular weight excluding hydrogens is 279 g/mol. The number of aliphatic carboxylic acids is 2. The summed E-state index contributed by atoms with van der Waals surface area (Å²) >= 11 is 0. The lowest BCUT2D eigenvalue weighted by molar-refractivity contribution is -0.192. The van der Waals surface area contributed by atoms with Crippen LogP contribution in [0.25, 0.3) is 0 Å². The topological polar surface area (TPSA) is 77.8 Å². The van der Waals surface area contributed by atoms with Crippen molar-refractivity contribution in [2.45, 2.75) is 18.8 Å². The third-order valence-electron chi connectivity index (χ3n) is 2.69. The number of carbonyl (C=O) groups is 2. The lowest BCUT2D eigenvalue weighted by Crippen LogP contribution is -2.24. The van der Waals surface area contributed by atoms with Crippen LogP contribution < -0.4 is 0 Å². The van der Waals surface area contributed by atoms with Crippen molar-refractivity contribution >= 4 is 11.9 Å². The third-order valence-corrected chi connectivity index (χ3v) is 2.69. The summed E-state index contributed by atoms with van der Waals surface area (Å²) in [7, 11) is 1.83. The highest BCUT2D eigenvalue weighted by Gasteiger charge is 2.38. The number of benzene rings is 1. The third kappa shape index (κ3) is 3.70. The number of carboxylic acids is 2. The molecule has 1 aliphatic rings. The number of fused-ring (bicyclic) bond motifs is 1. The molecule has 1 aromatic rings. The number of alkyl halides is 3. The van der Waals surface area contributed by atoms with E-state index in [4.69, 9.17) is 15.0 Å². The molecule has 0 amide bonds. The molecule has 1 heterocycles. The van der Waals surface area contributed by atoms with E-state index >= 15 is 0 Å². The largest absolute Gasteiger partial charge is 0.490 e. The summed E-state index contributed by atoms with van der Waals surface area (Å²) in [6.07, 6.45) is -5.08. The Bertz CT molecular complexity index is 516. The maximum Gasteiger partial charge on any atom is 0.490 e. The van der Waals surface area contributed by atoms with Crippen molar-refractivity contribution in [1.29, 1.82) is 0 Å². The lowest BCUT2D eigenvalue weighted by Gasteiger charge is -2.14. The second-order valence-corrected chi connectivity index (χ2v) is 4.16. The maximum absolute atomic E-state index is 10.9. The van der Waals surface area contributed by atoms with Gasteiger partial charge in [0.15, 0.2) is 0 Å². The summed E-state index contributed by atoms with van der Waals surface area (Å²) in [5.41, 5.74) is 2.05. The monoisotopic (exact) mass is 291 g/mol. The summed E-state index contributed by atoms with van der Waals surface area (Å²) in [5, 5.41) is 16.1. The molecule has 0 saturated carbocycles. The van der Waals surface area contributed by atoms with Crippen LogP contribution >= 0.6 is 0 Å². The molecule has 1 aromatic carbocycles. The quantitative estimate of drug-likeness (QED) is 0.826. The van der Waals surface area contributed by atoms with E-state index in [0.29, 0.717) is 0 Å². The van der Waals surface area contributed by atoms with Crippen LogP contribution in [0.1, 0.15) is 17.2 Å². The van der Waals surface area contributed by atoms with Crippen molar-refractivity contribution in [2.75, 3.05) is 7.05 Å². The van der Waals surface area contributed by atoms with E-state index in [2.05, 4.69) is 0 Å². The molecule has 0 radical (unpaired) electrons. The van der Waals surface area contributed by atoms with Gasteiger partial charge >= 0.3 is 18.1 Å². The first-order valence-electron chi connectivity index (χ1n) is 5.45. The minimum atomic E-state index is -5.08. The SMILES string of the molecule is CN1Cc2ccccc2C1C(=O)O.O=C(O)C(F)(F)F. The first-order valence-corrected chi connectivity index (χ1v) is 5.45. The van der Waals surface area contributed by atoms with Crippen molar-refractivity contribution in [1.82, 2.24) is 4.90 Å². The Morgan fingerprint density at radius 2 is 1.75 bits per heavy atom. The van der Waals surface area contributed by atoms with Crippen LogP contribution in [0, 0.1) is 0 Å². The van der Waals surface area contributed by atoms with Crippen LogP contribution in [0.4, 0.5) is 13.2 Å². The molecule has 0 spiro atoms. The molecule has 1 atom stereocenters. The number of hydrogen-bond acceptors (Lipinski definition) is 3. The minimum Gasteiger partial charge on any atom is -0.480 e. The zero-order chi connectivity index (χ0) is 15.5. The molecule has 0 aliphatic carbocycles. The molecule has 1 aliphatic heterocycles. The number of halogens is 3. The van der Waals surface area contributed by atoms with Crippen LogP contribution in [0.2, 0.25) is 0 Å². The highest BCUT2D eigenvalue weighted by atomic mass is 19.4. The predicted octanol–water partition coefficient (Wildman–Crippen LogP) is 1.89. The van der Waals surface area contributed by atoms with E-state index in [1.165, 1.54) is 0 Å². The molecule has 0 fully saturated rings. The van der Waals surface area contributed by atoms with E-state index in [9.17, 15) is 18.0 Å². The molecule has 8 heteroatoms. The molecule has 20 heavy (non-hydrogen) atoms. The van der Waals surface area contributed by atoms with Gasteiger partial charge in [0.25, 0.3) is 0 Å². The molecule has 110 valence electrons. The van der Waals surface area contributed by atoms with E-state index in [-0.39, 0.29) is 0 Å². The second-order valence-electron chi connectivity index (χ2n) is 4.16. The Kier molecular flexibility index (Phi) is 4.72. The molecule has 2 N–H and O–H groups in total. The van der Waals surface area contributed by atoms with Crippen LogP contribution in [-0.4, -0.2) is 40.3 Å². The first-order chi connectivity index (χ1) is 9.14. The van der Waals surface area contributed by atoms with Gasteiger partial charge in [0.2, 0.25) is 0 Å². The fourth-order valence-electron chi connectivity index (χ4n) is 1.86. The van der Waals surface area contributed by atoms with Gasteiger partial charge in [-0.25, -0.2) is 4.79 Å². The molecule has 0 bridgehead atoms. The van der Waals surface area contributed by atoms with Crippen molar-refractivity contribution in [3.05, 3.63) is 35.4 Å². The van der Waals surface area contributed by atoms with Crippen LogP contribution in [0.5, 0.6) is 0 Å². The van der Waals surface area contributed by atoms with E-state index in [1.54, 1.807) is 0 Å². The Balaban J connectivity index is 0.000000246. The van der Waals surface area contributed by atoms with Gasteiger partial charge in [0.1, 0.15) is 6.04 Å². The molecule has 0 aromatic heterocycles. The van der Waals surface area contributed by atoms with E-state index in [0.717, 1.165) is 17.7 Å². The van der Waals surface area contributed by atoms with Crippen molar-refractivity contribution in [3.8, 4) is 0 Å². The van der Waals surface area contributed by atoms with Crippen molar-refractivity contribution in [2.24, 2.45) is 0 Å². The van der Waals surface area contributed by atoms with Crippen LogP contribution in [0.15, 0.2) is 24.3 Å². The molecule has 1 unspecified atom stereocenters. The van der Waals surface area contributed by atoms with Gasteiger partial charge in [-0.05, 0) is 18.2 Å². The lowest BCUT2D eigenvalue weighted by atomic mass is 10.1. The summed E-state index contributed by atoms with van der Waals surface area (Å²) in [5.74, 6) is -3.53. The van der Waals surface area contributed by atoms with Gasteiger partial charge in [-0.2, -0.15) is 13.2 Å². The number of nitrogens with zero attached hydrogens (tertiary/aromatic N) is 1. The zero-order valence-corrected chi connectivity index (χ0v) is 10.4. The second kappa shape index (κ2) is 5.91. The highest BCUT2D eigenvalue weighted by molar-refractivity contribution is 5.77. The Hall–Kier alpha value is -2.09. The average molecular weight is 291 g/mol. The normalized spacial score (nSPS) is 17.9. The molecular formula is C12H12F3NO4. The Morgan fingerprint density at radius 1 is 1.25 bits per heavy atom. The van der Waals surface area contributed by atoms with Gasteiger partial charge in [-0.15, -0.1) is 0 Å². The zero-order valence-electron chi connectivity index (χ0n) is 10.4. The Morgan fingerprint density at radius 3 is 2.20 bits per heavy atom. The van der Waals surface area contributed by atoms with Gasteiger partial charge in [-0.3, -0.25) is 9.69 Å². The van der Waals surface area contributed by atoms with Gasteiger partial charge < -0.3 is 10.2 Å². The number of rotatable bonds is 1. The van der Waals surface area contributed by atoms with Gasteiger partial charge in [0, 0.05) is 6.54 Å². The molecule has 2 rings (SSSR count). The first kappa shape index (κ1) is 16.0. The summed E-state index contributed by atoms with van der Waals surface area (Å²) in [6, 6.07) is 7.23. The predicted molar refractivity (Wildman–Crippen MR) is 62.0 cm³/mol. The van der Waals surface area contributed by atoms with Gasteiger partial charge in [0.05, 0.1) is 0 Å².